The van der Waals surface area contributed by atoms with Crippen LogP contribution in [0.3, 0.4) is 0 Å². The Labute approximate surface area is 145 Å². The van der Waals surface area contributed by atoms with Crippen LogP contribution in [0, 0.1) is 6.92 Å². The summed E-state index contributed by atoms with van der Waals surface area (Å²) in [6.07, 6.45) is 0. The average Bonchev–Trinajstić information content (AvgIpc) is 2.87. The van der Waals surface area contributed by atoms with Crippen molar-refractivity contribution in [1.29, 1.82) is 0 Å². The van der Waals surface area contributed by atoms with Crippen LogP contribution in [0.5, 0.6) is 0 Å². The summed E-state index contributed by atoms with van der Waals surface area (Å²) >= 11 is 0. The van der Waals surface area contributed by atoms with Crippen molar-refractivity contribution in [2.75, 3.05) is 11.8 Å². The van der Waals surface area contributed by atoms with Gasteiger partial charge < -0.3 is 9.88 Å². The number of aromatic nitrogens is 2. The molecule has 25 heavy (non-hydrogen) atoms. The van der Waals surface area contributed by atoms with E-state index in [0.717, 1.165) is 16.9 Å². The second kappa shape index (κ2) is 6.21. The maximum absolute atomic E-state index is 12.5. The summed E-state index contributed by atoms with van der Waals surface area (Å²) in [5, 5.41) is 2.49. The minimum atomic E-state index is -3.75. The molecular weight excluding hydrogens is 340 g/mol. The van der Waals surface area contributed by atoms with Crippen molar-refractivity contribution in [2.45, 2.75) is 11.8 Å². The van der Waals surface area contributed by atoms with Gasteiger partial charge in [-0.1, -0.05) is 0 Å². The van der Waals surface area contributed by atoms with Gasteiger partial charge in [-0.05, 0) is 49.4 Å². The molecule has 0 aliphatic heterocycles. The van der Waals surface area contributed by atoms with Gasteiger partial charge in [0, 0.05) is 19.7 Å². The highest BCUT2D eigenvalue weighted by atomic mass is 32.2. The number of benzene rings is 2. The third-order valence-electron chi connectivity index (χ3n) is 4.01. The topological polar surface area (TPSA) is 93.1 Å². The normalized spacial score (nSPS) is 11.5. The number of nitrogens with zero attached hydrogens (tertiary/aromatic N) is 2. The molecule has 2 aromatic carbocycles. The third-order valence-corrected chi connectivity index (χ3v) is 5.41. The summed E-state index contributed by atoms with van der Waals surface area (Å²) in [5.74, 6) is 0.577. The van der Waals surface area contributed by atoms with E-state index in [-0.39, 0.29) is 10.8 Å². The van der Waals surface area contributed by atoms with E-state index in [4.69, 9.17) is 0 Å². The zero-order valence-corrected chi connectivity index (χ0v) is 14.9. The molecule has 3 aromatic rings. The molecule has 0 radical (unpaired) electrons. The highest BCUT2D eigenvalue weighted by Crippen LogP contribution is 2.22. The fraction of sp³-hybridized carbons (Fsp3) is 0.176. The second-order valence-electron chi connectivity index (χ2n) is 5.63. The molecule has 1 amide bonds. The van der Waals surface area contributed by atoms with Gasteiger partial charge in [-0.15, -0.1) is 0 Å². The quantitative estimate of drug-likeness (QED) is 0.746. The van der Waals surface area contributed by atoms with Crippen LogP contribution >= 0.6 is 0 Å². The van der Waals surface area contributed by atoms with Gasteiger partial charge in [0.05, 0.1) is 21.6 Å². The molecule has 0 saturated heterocycles. The van der Waals surface area contributed by atoms with Crippen LogP contribution in [0.25, 0.3) is 11.0 Å². The van der Waals surface area contributed by atoms with Gasteiger partial charge in [-0.2, -0.15) is 0 Å². The Balaban J connectivity index is 1.89. The van der Waals surface area contributed by atoms with E-state index < -0.39 is 10.0 Å². The molecule has 0 spiro atoms. The predicted molar refractivity (Wildman–Crippen MR) is 96.1 cm³/mol. The van der Waals surface area contributed by atoms with Crippen LogP contribution in [0.15, 0.2) is 47.4 Å². The summed E-state index contributed by atoms with van der Waals surface area (Å²) in [5.41, 5.74) is 2.47. The predicted octanol–water partition coefficient (Wildman–Crippen LogP) is 2.04. The van der Waals surface area contributed by atoms with E-state index in [9.17, 15) is 13.2 Å². The van der Waals surface area contributed by atoms with Gasteiger partial charge in [0.25, 0.3) is 15.9 Å². The fourth-order valence-corrected chi connectivity index (χ4v) is 3.58. The van der Waals surface area contributed by atoms with Crippen molar-refractivity contribution in [3.05, 3.63) is 53.9 Å². The molecule has 0 saturated carbocycles. The second-order valence-corrected chi connectivity index (χ2v) is 7.31. The summed E-state index contributed by atoms with van der Waals surface area (Å²) in [6.45, 7) is 1.89. The number of fused-ring (bicyclic) bond motifs is 1. The lowest BCUT2D eigenvalue weighted by atomic mass is 10.2. The standard InChI is InChI=1S/C17H18N4O3S/c1-11-19-15-10-13(6-9-16(15)21(11)3)20-25(23,24)14-7-4-12(5-8-14)17(22)18-2/h4-10,20H,1-3H3,(H,18,22). The SMILES string of the molecule is CNC(=O)c1ccc(S(=O)(=O)Nc2ccc3c(c2)nc(C)n3C)cc1. The van der Waals surface area contributed by atoms with Crippen molar-refractivity contribution in [2.24, 2.45) is 7.05 Å². The van der Waals surface area contributed by atoms with Gasteiger partial charge in [0.2, 0.25) is 0 Å². The first-order chi connectivity index (χ1) is 11.8. The summed E-state index contributed by atoms with van der Waals surface area (Å²) < 4.78 is 29.5. The van der Waals surface area contributed by atoms with Crippen LogP contribution in [0.2, 0.25) is 0 Å². The Morgan fingerprint density at radius 2 is 1.80 bits per heavy atom. The molecule has 3 rings (SSSR count). The molecule has 0 atom stereocenters. The molecule has 0 fully saturated rings. The molecule has 0 bridgehead atoms. The molecule has 0 aliphatic rings. The zero-order valence-electron chi connectivity index (χ0n) is 14.1. The van der Waals surface area contributed by atoms with Crippen molar-refractivity contribution in [3.8, 4) is 0 Å². The maximum atomic E-state index is 12.5. The van der Waals surface area contributed by atoms with E-state index in [0.29, 0.717) is 11.3 Å². The van der Waals surface area contributed by atoms with E-state index in [1.807, 2.05) is 24.6 Å². The number of aryl methyl sites for hydroxylation is 2. The molecule has 1 heterocycles. The van der Waals surface area contributed by atoms with Crippen LogP contribution in [-0.4, -0.2) is 30.9 Å². The maximum Gasteiger partial charge on any atom is 0.261 e. The van der Waals surface area contributed by atoms with E-state index in [1.165, 1.54) is 31.3 Å². The highest BCUT2D eigenvalue weighted by Gasteiger charge is 2.16. The minimum Gasteiger partial charge on any atom is -0.355 e. The first-order valence-electron chi connectivity index (χ1n) is 7.60. The summed E-state index contributed by atoms with van der Waals surface area (Å²) in [6, 6.07) is 10.9. The van der Waals surface area contributed by atoms with Gasteiger partial charge in [-0.25, -0.2) is 13.4 Å². The minimum absolute atomic E-state index is 0.0810. The number of imidazole rings is 1. The smallest absolute Gasteiger partial charge is 0.261 e. The third kappa shape index (κ3) is 3.20. The Hall–Kier alpha value is -2.87. The van der Waals surface area contributed by atoms with Crippen molar-refractivity contribution in [1.82, 2.24) is 14.9 Å². The van der Waals surface area contributed by atoms with E-state index in [1.54, 1.807) is 12.1 Å². The number of hydrogen-bond acceptors (Lipinski definition) is 4. The van der Waals surface area contributed by atoms with Crippen molar-refractivity contribution >= 4 is 32.7 Å². The van der Waals surface area contributed by atoms with Crippen LogP contribution in [0.4, 0.5) is 5.69 Å². The largest absolute Gasteiger partial charge is 0.355 e. The molecule has 2 N–H and O–H groups in total. The molecule has 1 aromatic heterocycles. The average molecular weight is 358 g/mol. The lowest BCUT2D eigenvalue weighted by molar-refractivity contribution is 0.0963. The van der Waals surface area contributed by atoms with Crippen molar-refractivity contribution in [3.63, 3.8) is 0 Å². The van der Waals surface area contributed by atoms with Gasteiger partial charge in [0.1, 0.15) is 5.82 Å². The Morgan fingerprint density at radius 1 is 1.12 bits per heavy atom. The van der Waals surface area contributed by atoms with Gasteiger partial charge in [-0.3, -0.25) is 9.52 Å². The van der Waals surface area contributed by atoms with Gasteiger partial charge in [0.15, 0.2) is 0 Å². The first kappa shape index (κ1) is 17.0. The van der Waals surface area contributed by atoms with Crippen LogP contribution < -0.4 is 10.0 Å². The van der Waals surface area contributed by atoms with Crippen LogP contribution in [0.1, 0.15) is 16.2 Å². The van der Waals surface area contributed by atoms with E-state index in [2.05, 4.69) is 15.0 Å². The first-order valence-corrected chi connectivity index (χ1v) is 9.08. The number of rotatable bonds is 4. The number of carbonyl (C=O) groups excluding carboxylic acids is 1. The number of amides is 1. The van der Waals surface area contributed by atoms with Crippen molar-refractivity contribution < 1.29 is 13.2 Å². The number of nitrogens with one attached hydrogen (secondary N) is 2. The number of sulfonamides is 1. The monoisotopic (exact) mass is 358 g/mol. The Kier molecular flexibility index (Phi) is 4.22. The summed E-state index contributed by atoms with van der Waals surface area (Å²) in [7, 11) is -0.328. The molecule has 8 heteroatoms. The Morgan fingerprint density at radius 3 is 2.44 bits per heavy atom. The number of carbonyl (C=O) groups is 1. The molecule has 7 nitrogen and oxygen atoms in total. The summed E-state index contributed by atoms with van der Waals surface area (Å²) in [4.78, 5) is 16.0. The fourth-order valence-electron chi connectivity index (χ4n) is 2.53. The number of hydrogen-bond donors (Lipinski definition) is 2. The number of anilines is 1. The van der Waals surface area contributed by atoms with Gasteiger partial charge >= 0.3 is 0 Å². The zero-order chi connectivity index (χ0) is 18.2. The molecule has 0 aliphatic carbocycles. The molecule has 0 unspecified atom stereocenters. The molecule has 130 valence electrons. The Bertz CT molecular complexity index is 1050. The highest BCUT2D eigenvalue weighted by molar-refractivity contribution is 7.92. The van der Waals surface area contributed by atoms with Crippen LogP contribution in [-0.2, 0) is 17.1 Å². The lowest BCUT2D eigenvalue weighted by Gasteiger charge is -2.09. The lowest BCUT2D eigenvalue weighted by Crippen LogP contribution is -2.18. The van der Waals surface area contributed by atoms with E-state index >= 15 is 0 Å². The molecular formula is C17H18N4O3S.